The Bertz CT molecular complexity index is 140. The van der Waals surface area contributed by atoms with E-state index in [2.05, 4.69) is 5.32 Å². The highest BCUT2D eigenvalue weighted by Gasteiger charge is 2.39. The molecule has 3 N–H and O–H groups in total. The Morgan fingerprint density at radius 3 is 3.00 bits per heavy atom. The molecule has 0 aliphatic carbocycles. The van der Waals surface area contributed by atoms with Crippen LogP contribution in [-0.2, 0) is 0 Å². The largest absolute Gasteiger partial charge is 0.325 e. The Kier molecular flexibility index (Phi) is 1.42. The van der Waals surface area contributed by atoms with Crippen molar-refractivity contribution in [2.24, 2.45) is 5.73 Å². The van der Waals surface area contributed by atoms with Crippen LogP contribution in [0.5, 0.6) is 0 Å². The summed E-state index contributed by atoms with van der Waals surface area (Å²) >= 11 is 0. The number of hydrogen-bond acceptors (Lipinski definition) is 2. The van der Waals surface area contributed by atoms with Crippen molar-refractivity contribution in [2.45, 2.75) is 43.6 Å². The number of nitrogens with one attached hydrogen (secondary N) is 1. The van der Waals surface area contributed by atoms with Gasteiger partial charge in [0.15, 0.2) is 0 Å². The van der Waals surface area contributed by atoms with Gasteiger partial charge in [0.2, 0.25) is 0 Å². The van der Waals surface area contributed by atoms with Crippen LogP contribution >= 0.6 is 0 Å². The van der Waals surface area contributed by atoms with Gasteiger partial charge in [-0.1, -0.05) is 0 Å². The van der Waals surface area contributed by atoms with E-state index in [0.717, 1.165) is 19.3 Å². The average Bonchev–Trinajstić information content (AvgIpc) is 2.29. The minimum atomic E-state index is -0.807. The van der Waals surface area contributed by atoms with E-state index < -0.39 is 6.17 Å². The molecule has 58 valence electrons. The summed E-state index contributed by atoms with van der Waals surface area (Å²) < 4.78 is 13.1. The second-order valence-electron chi connectivity index (χ2n) is 3.39. The smallest absolute Gasteiger partial charge is 0.130 e. The van der Waals surface area contributed by atoms with E-state index in [1.165, 1.54) is 0 Å². The molecule has 2 aliphatic rings. The summed E-state index contributed by atoms with van der Waals surface area (Å²) in [6.07, 6.45) is 2.09. The fourth-order valence-electron chi connectivity index (χ4n) is 2.04. The summed E-state index contributed by atoms with van der Waals surface area (Å²) in [5.74, 6) is 0. The third kappa shape index (κ3) is 0.847. The van der Waals surface area contributed by atoms with Gasteiger partial charge in [0, 0.05) is 18.1 Å². The third-order valence-electron chi connectivity index (χ3n) is 2.63. The number of rotatable bonds is 0. The highest BCUT2D eigenvalue weighted by molar-refractivity contribution is 4.99. The summed E-state index contributed by atoms with van der Waals surface area (Å²) in [7, 11) is 0. The van der Waals surface area contributed by atoms with Gasteiger partial charge in [-0.25, -0.2) is 4.39 Å². The number of fused-ring (bicyclic) bond motifs is 2. The second-order valence-corrected chi connectivity index (χ2v) is 3.39. The molecule has 4 atom stereocenters. The molecule has 0 amide bonds. The zero-order valence-electron chi connectivity index (χ0n) is 5.89. The molecule has 2 saturated heterocycles. The van der Waals surface area contributed by atoms with Crippen LogP contribution in [0, 0.1) is 0 Å². The molecule has 0 unspecified atom stereocenters. The SMILES string of the molecule is N[C@H]1C[C@H]2CC[C@H](N2)[C@H]1F. The topological polar surface area (TPSA) is 38.0 Å². The van der Waals surface area contributed by atoms with Crippen molar-refractivity contribution in [1.82, 2.24) is 5.32 Å². The molecule has 10 heavy (non-hydrogen) atoms. The Balaban J connectivity index is 2.09. The molecule has 0 aromatic rings. The van der Waals surface area contributed by atoms with Gasteiger partial charge < -0.3 is 11.1 Å². The van der Waals surface area contributed by atoms with Gasteiger partial charge in [-0.15, -0.1) is 0 Å². The summed E-state index contributed by atoms with van der Waals surface area (Å²) in [6.45, 7) is 0. The first kappa shape index (κ1) is 6.55. The van der Waals surface area contributed by atoms with Crippen LogP contribution in [0.3, 0.4) is 0 Å². The summed E-state index contributed by atoms with van der Waals surface area (Å²) in [4.78, 5) is 0. The predicted molar refractivity (Wildman–Crippen MR) is 37.4 cm³/mol. The van der Waals surface area contributed by atoms with Crippen LogP contribution in [0.4, 0.5) is 4.39 Å². The van der Waals surface area contributed by atoms with Crippen molar-refractivity contribution in [3.8, 4) is 0 Å². The maximum atomic E-state index is 13.1. The van der Waals surface area contributed by atoms with E-state index in [1.807, 2.05) is 0 Å². The lowest BCUT2D eigenvalue weighted by atomic mass is 9.99. The van der Waals surface area contributed by atoms with E-state index in [9.17, 15) is 4.39 Å². The number of alkyl halides is 1. The molecule has 0 spiro atoms. The van der Waals surface area contributed by atoms with Crippen molar-refractivity contribution in [3.63, 3.8) is 0 Å². The average molecular weight is 144 g/mol. The van der Waals surface area contributed by atoms with Crippen LogP contribution in [0.15, 0.2) is 0 Å². The van der Waals surface area contributed by atoms with Crippen molar-refractivity contribution >= 4 is 0 Å². The van der Waals surface area contributed by atoms with Gasteiger partial charge in [0.25, 0.3) is 0 Å². The first-order chi connectivity index (χ1) is 4.77. The molecular weight excluding hydrogens is 131 g/mol. The minimum Gasteiger partial charge on any atom is -0.325 e. The van der Waals surface area contributed by atoms with Gasteiger partial charge in [0.1, 0.15) is 6.17 Å². The number of hydrogen-bond donors (Lipinski definition) is 2. The van der Waals surface area contributed by atoms with E-state index in [1.54, 1.807) is 0 Å². The molecule has 0 saturated carbocycles. The number of nitrogens with two attached hydrogens (primary N) is 1. The monoisotopic (exact) mass is 144 g/mol. The van der Waals surface area contributed by atoms with E-state index >= 15 is 0 Å². The number of piperidine rings is 1. The Morgan fingerprint density at radius 2 is 2.20 bits per heavy atom. The van der Waals surface area contributed by atoms with Crippen molar-refractivity contribution < 1.29 is 4.39 Å². The summed E-state index contributed by atoms with van der Waals surface area (Å²) in [5, 5.41) is 3.22. The molecule has 2 bridgehead atoms. The maximum absolute atomic E-state index is 13.1. The molecule has 2 fully saturated rings. The lowest BCUT2D eigenvalue weighted by Gasteiger charge is -2.29. The molecule has 2 nitrogen and oxygen atoms in total. The first-order valence-electron chi connectivity index (χ1n) is 3.93. The Morgan fingerprint density at radius 1 is 1.40 bits per heavy atom. The van der Waals surface area contributed by atoms with Gasteiger partial charge in [0.05, 0.1) is 0 Å². The molecule has 2 heterocycles. The molecule has 0 aromatic heterocycles. The van der Waals surface area contributed by atoms with Crippen LogP contribution in [0.2, 0.25) is 0 Å². The van der Waals surface area contributed by atoms with E-state index in [0.29, 0.717) is 6.04 Å². The van der Waals surface area contributed by atoms with Crippen molar-refractivity contribution in [3.05, 3.63) is 0 Å². The van der Waals surface area contributed by atoms with Crippen molar-refractivity contribution in [2.75, 3.05) is 0 Å². The minimum absolute atomic E-state index is 0.0637. The number of halogens is 1. The molecule has 3 heteroatoms. The molecule has 2 rings (SSSR count). The van der Waals surface area contributed by atoms with Crippen molar-refractivity contribution in [1.29, 1.82) is 0 Å². The lowest BCUT2D eigenvalue weighted by Crippen LogP contribution is -2.53. The molecule has 2 aliphatic heterocycles. The van der Waals surface area contributed by atoms with E-state index in [4.69, 9.17) is 5.73 Å². The summed E-state index contributed by atoms with van der Waals surface area (Å²) in [5.41, 5.74) is 5.58. The van der Waals surface area contributed by atoms with Gasteiger partial charge in [-0.3, -0.25) is 0 Å². The third-order valence-corrected chi connectivity index (χ3v) is 2.63. The molecular formula is C7H13FN2. The van der Waals surface area contributed by atoms with Crippen LogP contribution in [0.1, 0.15) is 19.3 Å². The Labute approximate surface area is 60.0 Å². The van der Waals surface area contributed by atoms with Gasteiger partial charge in [-0.05, 0) is 19.3 Å². The van der Waals surface area contributed by atoms with Crippen LogP contribution in [-0.4, -0.2) is 24.3 Å². The summed E-state index contributed by atoms with van der Waals surface area (Å²) in [6, 6.07) is 0.361. The molecule has 0 aromatic carbocycles. The van der Waals surface area contributed by atoms with Gasteiger partial charge in [-0.2, -0.15) is 0 Å². The lowest BCUT2D eigenvalue weighted by molar-refractivity contribution is 0.180. The van der Waals surface area contributed by atoms with E-state index in [-0.39, 0.29) is 12.1 Å². The predicted octanol–water partition coefficient (Wildman–Crippen LogP) is 0.176. The highest BCUT2D eigenvalue weighted by atomic mass is 19.1. The first-order valence-corrected chi connectivity index (χ1v) is 3.93. The zero-order chi connectivity index (χ0) is 7.14. The maximum Gasteiger partial charge on any atom is 0.130 e. The molecule has 0 radical (unpaired) electrons. The zero-order valence-corrected chi connectivity index (χ0v) is 5.89. The van der Waals surface area contributed by atoms with Crippen LogP contribution < -0.4 is 11.1 Å². The fraction of sp³-hybridized carbons (Fsp3) is 1.00. The second kappa shape index (κ2) is 2.17. The highest BCUT2D eigenvalue weighted by Crippen LogP contribution is 2.27. The van der Waals surface area contributed by atoms with Crippen LogP contribution in [0.25, 0.3) is 0 Å². The Hall–Kier alpha value is -0.150. The van der Waals surface area contributed by atoms with Gasteiger partial charge >= 0.3 is 0 Å². The fourth-order valence-corrected chi connectivity index (χ4v) is 2.04. The standard InChI is InChI=1S/C7H13FN2/c8-7-5(9)3-4-1-2-6(7)10-4/h4-7,10H,1-3,9H2/t4-,5+,6+,7+/m1/s1. The quantitative estimate of drug-likeness (QED) is 0.509. The normalized spacial score (nSPS) is 53.4.